The van der Waals surface area contributed by atoms with Crippen LogP contribution in [0.25, 0.3) is 0 Å². The molecule has 0 aliphatic heterocycles. The van der Waals surface area contributed by atoms with Crippen LogP contribution in [0.5, 0.6) is 0 Å². The third kappa shape index (κ3) is 2.01. The fourth-order valence-electron chi connectivity index (χ4n) is 0.508. The van der Waals surface area contributed by atoms with E-state index >= 15 is 0 Å². The molecule has 0 radical (unpaired) electrons. The molecular weight excluding hydrogens is 126 g/mol. The molecule has 3 heteroatoms. The maximum absolute atomic E-state index is 5.58. The van der Waals surface area contributed by atoms with Gasteiger partial charge in [-0.15, -0.1) is 0 Å². The molecule has 6 N–H and O–H groups in total. The molecule has 0 aromatic rings. The van der Waals surface area contributed by atoms with Gasteiger partial charge in [0.05, 0.1) is 5.70 Å². The first-order chi connectivity index (χ1) is 4.46. The molecule has 0 saturated heterocycles. The second-order valence-electron chi connectivity index (χ2n) is 2.40. The van der Waals surface area contributed by atoms with Crippen LogP contribution in [0.1, 0.15) is 20.8 Å². The van der Waals surface area contributed by atoms with Crippen LogP contribution < -0.4 is 17.2 Å². The highest BCUT2D eigenvalue weighted by atomic mass is 14.7. The summed E-state index contributed by atoms with van der Waals surface area (Å²) in [5.74, 6) is 0. The molecule has 10 heavy (non-hydrogen) atoms. The van der Waals surface area contributed by atoms with Gasteiger partial charge in [-0.3, -0.25) is 0 Å². The number of rotatable bonds is 1. The van der Waals surface area contributed by atoms with Crippen LogP contribution >= 0.6 is 0 Å². The Morgan fingerprint density at radius 3 is 1.30 bits per heavy atom. The van der Waals surface area contributed by atoms with Crippen molar-refractivity contribution in [1.29, 1.82) is 0 Å². The third-order valence-corrected chi connectivity index (χ3v) is 1.42. The largest absolute Gasteiger partial charge is 0.402 e. The fraction of sp³-hybridized carbons (Fsp3) is 0.429. The lowest BCUT2D eigenvalue weighted by molar-refractivity contribution is 1.11. The number of allylic oxidation sites excluding steroid dienone is 3. The predicted octanol–water partition coefficient (Wildman–Crippen LogP) is 0.388. The van der Waals surface area contributed by atoms with Crippen molar-refractivity contribution in [2.24, 2.45) is 17.2 Å². The Balaban J connectivity index is 4.71. The van der Waals surface area contributed by atoms with Crippen molar-refractivity contribution >= 4 is 0 Å². The summed E-state index contributed by atoms with van der Waals surface area (Å²) in [6.07, 6.45) is 0. The highest BCUT2D eigenvalue weighted by molar-refractivity contribution is 5.31. The second kappa shape index (κ2) is 3.15. The molecule has 0 aromatic carbocycles. The Morgan fingerprint density at radius 1 is 0.800 bits per heavy atom. The molecule has 0 spiro atoms. The molecule has 0 saturated carbocycles. The highest BCUT2D eigenvalue weighted by Gasteiger charge is 1.98. The molecule has 0 heterocycles. The predicted molar refractivity (Wildman–Crippen MR) is 43.6 cm³/mol. The molecule has 0 fully saturated rings. The first-order valence-electron chi connectivity index (χ1n) is 3.12. The van der Waals surface area contributed by atoms with Gasteiger partial charge in [0.1, 0.15) is 0 Å². The van der Waals surface area contributed by atoms with Crippen molar-refractivity contribution in [3.05, 3.63) is 22.7 Å². The number of hydrogen-bond acceptors (Lipinski definition) is 3. The van der Waals surface area contributed by atoms with Gasteiger partial charge in [0.25, 0.3) is 0 Å². The highest BCUT2D eigenvalue weighted by Crippen LogP contribution is 2.06. The summed E-state index contributed by atoms with van der Waals surface area (Å²) in [4.78, 5) is 0. The lowest BCUT2D eigenvalue weighted by Gasteiger charge is -2.05. The first kappa shape index (κ1) is 8.88. The number of hydrogen-bond donors (Lipinski definition) is 3. The summed E-state index contributed by atoms with van der Waals surface area (Å²) in [5.41, 5.74) is 19.3. The standard InChI is InChI=1S/C7H15N3/c1-4(5(2)8)7(10)6(3)9/h8-10H2,1-3H3/b5-4+,7-6+. The van der Waals surface area contributed by atoms with E-state index in [0.29, 0.717) is 17.1 Å². The van der Waals surface area contributed by atoms with Crippen LogP contribution in [0.4, 0.5) is 0 Å². The first-order valence-corrected chi connectivity index (χ1v) is 3.12. The van der Waals surface area contributed by atoms with Gasteiger partial charge in [-0.2, -0.15) is 0 Å². The summed E-state index contributed by atoms with van der Waals surface area (Å²) >= 11 is 0. The Kier molecular flexibility index (Phi) is 2.80. The summed E-state index contributed by atoms with van der Waals surface area (Å²) in [6.45, 7) is 5.40. The quantitative estimate of drug-likeness (QED) is 0.462. The van der Waals surface area contributed by atoms with E-state index in [1.807, 2.05) is 6.92 Å². The zero-order valence-corrected chi connectivity index (χ0v) is 6.73. The van der Waals surface area contributed by atoms with Gasteiger partial charge < -0.3 is 17.2 Å². The smallest absolute Gasteiger partial charge is 0.0548 e. The molecule has 0 amide bonds. The van der Waals surface area contributed by atoms with Crippen LogP contribution in [0.15, 0.2) is 22.7 Å². The molecule has 0 aromatic heterocycles. The van der Waals surface area contributed by atoms with Crippen LogP contribution in [-0.4, -0.2) is 0 Å². The molecule has 58 valence electrons. The molecule has 0 aliphatic carbocycles. The van der Waals surface area contributed by atoms with Crippen molar-refractivity contribution < 1.29 is 0 Å². The van der Waals surface area contributed by atoms with Crippen LogP contribution in [0.2, 0.25) is 0 Å². The lowest BCUT2D eigenvalue weighted by Crippen LogP contribution is -2.11. The fourth-order valence-corrected chi connectivity index (χ4v) is 0.508. The minimum atomic E-state index is 0.583. The zero-order valence-electron chi connectivity index (χ0n) is 6.73. The van der Waals surface area contributed by atoms with Gasteiger partial charge in [-0.05, 0) is 26.3 Å². The van der Waals surface area contributed by atoms with Crippen molar-refractivity contribution in [3.8, 4) is 0 Å². The lowest BCUT2D eigenvalue weighted by atomic mass is 10.1. The van der Waals surface area contributed by atoms with Gasteiger partial charge in [-0.1, -0.05) is 0 Å². The molecule has 0 rings (SSSR count). The Hall–Kier alpha value is -1.12. The molecule has 0 bridgehead atoms. The van der Waals surface area contributed by atoms with E-state index in [1.54, 1.807) is 13.8 Å². The third-order valence-electron chi connectivity index (χ3n) is 1.42. The summed E-state index contributed by atoms with van der Waals surface area (Å²) < 4.78 is 0. The van der Waals surface area contributed by atoms with Gasteiger partial charge in [-0.25, -0.2) is 0 Å². The van der Waals surface area contributed by atoms with Gasteiger partial charge in [0.15, 0.2) is 0 Å². The van der Waals surface area contributed by atoms with E-state index in [2.05, 4.69) is 0 Å². The summed E-state index contributed by atoms with van der Waals surface area (Å²) in [7, 11) is 0. The van der Waals surface area contributed by atoms with Crippen molar-refractivity contribution in [2.45, 2.75) is 20.8 Å². The van der Waals surface area contributed by atoms with E-state index in [9.17, 15) is 0 Å². The Bertz CT molecular complexity index is 159. The van der Waals surface area contributed by atoms with Crippen LogP contribution in [0.3, 0.4) is 0 Å². The monoisotopic (exact) mass is 141 g/mol. The maximum Gasteiger partial charge on any atom is 0.0548 e. The second-order valence-corrected chi connectivity index (χ2v) is 2.40. The summed E-state index contributed by atoms with van der Waals surface area (Å²) in [6, 6.07) is 0. The van der Waals surface area contributed by atoms with Crippen molar-refractivity contribution in [1.82, 2.24) is 0 Å². The van der Waals surface area contributed by atoms with E-state index in [-0.39, 0.29) is 0 Å². The van der Waals surface area contributed by atoms with Crippen LogP contribution in [-0.2, 0) is 0 Å². The summed E-state index contributed by atoms with van der Waals surface area (Å²) in [5, 5.41) is 0. The van der Waals surface area contributed by atoms with Crippen molar-refractivity contribution in [3.63, 3.8) is 0 Å². The van der Waals surface area contributed by atoms with E-state index < -0.39 is 0 Å². The van der Waals surface area contributed by atoms with Gasteiger partial charge >= 0.3 is 0 Å². The topological polar surface area (TPSA) is 78.1 Å². The Labute approximate surface area is 61.6 Å². The van der Waals surface area contributed by atoms with Gasteiger partial charge in [0, 0.05) is 11.4 Å². The molecule has 0 aliphatic rings. The van der Waals surface area contributed by atoms with Gasteiger partial charge in [0.2, 0.25) is 0 Å². The maximum atomic E-state index is 5.58. The minimum absolute atomic E-state index is 0.583. The normalized spacial score (nSPS) is 15.9. The SMILES string of the molecule is C/C(N)=C(C)\C(N)=C(\C)N. The molecule has 0 unspecified atom stereocenters. The van der Waals surface area contributed by atoms with E-state index in [0.717, 1.165) is 5.57 Å². The molecule has 0 atom stereocenters. The zero-order chi connectivity index (χ0) is 8.31. The Morgan fingerprint density at radius 2 is 1.20 bits per heavy atom. The average molecular weight is 141 g/mol. The number of nitrogens with two attached hydrogens (primary N) is 3. The van der Waals surface area contributed by atoms with Crippen LogP contribution in [0, 0.1) is 0 Å². The van der Waals surface area contributed by atoms with E-state index in [1.165, 1.54) is 0 Å². The van der Waals surface area contributed by atoms with Crippen molar-refractivity contribution in [2.75, 3.05) is 0 Å². The molecule has 3 nitrogen and oxygen atoms in total. The molecular formula is C7H15N3. The van der Waals surface area contributed by atoms with E-state index in [4.69, 9.17) is 17.2 Å². The minimum Gasteiger partial charge on any atom is -0.402 e. The average Bonchev–Trinajstić information content (AvgIpc) is 1.84.